The number of amides is 2. The standard InChI is InChI=1S/C19H27F2N3O2S/c20-19(21,12-22)13-24-18(26)15-8-4-5-9-16(15)27-11-17(25)23-10-14-6-2-1-3-7-14/h4-5,8-9,14H,1-3,6-7,10-13,22H2,(H,23,25)(H,24,26). The van der Waals surface area contributed by atoms with Gasteiger partial charge in [-0.25, -0.2) is 8.78 Å². The van der Waals surface area contributed by atoms with Gasteiger partial charge in [0.05, 0.1) is 24.4 Å². The third-order valence-corrected chi connectivity index (χ3v) is 5.68. The second-order valence-electron chi connectivity index (χ2n) is 6.84. The Labute approximate surface area is 162 Å². The van der Waals surface area contributed by atoms with E-state index in [9.17, 15) is 18.4 Å². The molecule has 0 aliphatic heterocycles. The van der Waals surface area contributed by atoms with E-state index in [2.05, 4.69) is 10.6 Å². The molecule has 0 saturated heterocycles. The Bertz CT molecular complexity index is 637. The van der Waals surface area contributed by atoms with Crippen LogP contribution in [0.1, 0.15) is 42.5 Å². The minimum atomic E-state index is -3.14. The monoisotopic (exact) mass is 399 g/mol. The third-order valence-electron chi connectivity index (χ3n) is 4.61. The first-order valence-electron chi connectivity index (χ1n) is 9.26. The van der Waals surface area contributed by atoms with Crippen molar-refractivity contribution in [2.24, 2.45) is 11.7 Å². The second-order valence-corrected chi connectivity index (χ2v) is 7.85. The van der Waals surface area contributed by atoms with E-state index in [1.54, 1.807) is 24.3 Å². The summed E-state index contributed by atoms with van der Waals surface area (Å²) in [4.78, 5) is 24.9. The summed E-state index contributed by atoms with van der Waals surface area (Å²) < 4.78 is 26.4. The molecule has 150 valence electrons. The lowest BCUT2D eigenvalue weighted by atomic mass is 9.89. The van der Waals surface area contributed by atoms with Gasteiger partial charge >= 0.3 is 0 Å². The second kappa shape index (κ2) is 10.6. The molecule has 0 atom stereocenters. The van der Waals surface area contributed by atoms with Crippen molar-refractivity contribution in [3.05, 3.63) is 29.8 Å². The van der Waals surface area contributed by atoms with Crippen LogP contribution in [0.4, 0.5) is 8.78 Å². The molecule has 1 aromatic rings. The summed E-state index contributed by atoms with van der Waals surface area (Å²) in [5, 5.41) is 5.15. The van der Waals surface area contributed by atoms with Gasteiger partial charge in [0, 0.05) is 11.4 Å². The first-order chi connectivity index (χ1) is 12.9. The summed E-state index contributed by atoms with van der Waals surface area (Å²) in [5.41, 5.74) is 5.25. The molecular formula is C19H27F2N3O2S. The maximum absolute atomic E-state index is 13.2. The molecule has 0 spiro atoms. The summed E-state index contributed by atoms with van der Waals surface area (Å²) >= 11 is 1.22. The predicted molar refractivity (Wildman–Crippen MR) is 103 cm³/mol. The largest absolute Gasteiger partial charge is 0.355 e. The number of thioether (sulfide) groups is 1. The van der Waals surface area contributed by atoms with Gasteiger partial charge in [-0.2, -0.15) is 0 Å². The highest BCUT2D eigenvalue weighted by atomic mass is 32.2. The van der Waals surface area contributed by atoms with Crippen molar-refractivity contribution >= 4 is 23.6 Å². The van der Waals surface area contributed by atoms with Crippen LogP contribution in [-0.4, -0.2) is 43.1 Å². The van der Waals surface area contributed by atoms with Gasteiger partial charge in [0.1, 0.15) is 0 Å². The minimum absolute atomic E-state index is 0.0875. The number of carbonyl (C=O) groups excluding carboxylic acids is 2. The Morgan fingerprint density at radius 3 is 2.56 bits per heavy atom. The molecule has 0 aromatic heterocycles. The van der Waals surface area contributed by atoms with Crippen molar-refractivity contribution in [1.29, 1.82) is 0 Å². The quantitative estimate of drug-likeness (QED) is 0.558. The van der Waals surface area contributed by atoms with Gasteiger partial charge in [0.2, 0.25) is 5.91 Å². The SMILES string of the molecule is NCC(F)(F)CNC(=O)c1ccccc1SCC(=O)NCC1CCCCC1. The molecule has 2 amide bonds. The van der Waals surface area contributed by atoms with Gasteiger partial charge in [-0.3, -0.25) is 9.59 Å². The molecule has 27 heavy (non-hydrogen) atoms. The highest BCUT2D eigenvalue weighted by Gasteiger charge is 2.27. The van der Waals surface area contributed by atoms with Gasteiger partial charge in [-0.05, 0) is 30.9 Å². The van der Waals surface area contributed by atoms with E-state index in [-0.39, 0.29) is 17.2 Å². The molecular weight excluding hydrogens is 372 g/mol. The Kier molecular flexibility index (Phi) is 8.50. The molecule has 0 heterocycles. The van der Waals surface area contributed by atoms with Crippen molar-refractivity contribution in [3.8, 4) is 0 Å². The van der Waals surface area contributed by atoms with E-state index in [4.69, 9.17) is 5.73 Å². The third kappa shape index (κ3) is 7.46. The lowest BCUT2D eigenvalue weighted by Crippen LogP contribution is -2.41. The fourth-order valence-corrected chi connectivity index (χ4v) is 3.88. The van der Waals surface area contributed by atoms with Crippen LogP contribution in [0.25, 0.3) is 0 Å². The Balaban J connectivity index is 1.83. The van der Waals surface area contributed by atoms with Crippen LogP contribution >= 0.6 is 11.8 Å². The Hall–Kier alpha value is -1.67. The van der Waals surface area contributed by atoms with E-state index >= 15 is 0 Å². The molecule has 1 aromatic carbocycles. The fraction of sp³-hybridized carbons (Fsp3) is 0.579. The van der Waals surface area contributed by atoms with E-state index in [1.807, 2.05) is 0 Å². The highest BCUT2D eigenvalue weighted by molar-refractivity contribution is 8.00. The summed E-state index contributed by atoms with van der Waals surface area (Å²) in [6.45, 7) is -0.955. The molecule has 1 aliphatic rings. The molecule has 8 heteroatoms. The number of hydrogen-bond acceptors (Lipinski definition) is 4. The molecule has 4 N–H and O–H groups in total. The summed E-state index contributed by atoms with van der Waals surface area (Å²) in [7, 11) is 0. The maximum atomic E-state index is 13.2. The average molecular weight is 400 g/mol. The zero-order valence-electron chi connectivity index (χ0n) is 15.3. The predicted octanol–water partition coefficient (Wildman–Crippen LogP) is 2.80. The van der Waals surface area contributed by atoms with Crippen LogP contribution in [0, 0.1) is 5.92 Å². The van der Waals surface area contributed by atoms with Crippen LogP contribution in [0.5, 0.6) is 0 Å². The molecule has 0 unspecified atom stereocenters. The molecule has 1 saturated carbocycles. The lowest BCUT2D eigenvalue weighted by molar-refractivity contribution is -0.118. The normalized spacial score (nSPS) is 15.4. The van der Waals surface area contributed by atoms with E-state index < -0.39 is 24.9 Å². The topological polar surface area (TPSA) is 84.2 Å². The first kappa shape index (κ1) is 21.6. The van der Waals surface area contributed by atoms with Crippen LogP contribution in [0.15, 0.2) is 29.2 Å². The fourth-order valence-electron chi connectivity index (χ4n) is 3.00. The van der Waals surface area contributed by atoms with Gasteiger partial charge in [0.15, 0.2) is 0 Å². The molecule has 5 nitrogen and oxygen atoms in total. The van der Waals surface area contributed by atoms with Gasteiger partial charge in [-0.15, -0.1) is 11.8 Å². The van der Waals surface area contributed by atoms with Gasteiger partial charge < -0.3 is 16.4 Å². The number of nitrogens with two attached hydrogens (primary N) is 1. The zero-order valence-corrected chi connectivity index (χ0v) is 16.1. The van der Waals surface area contributed by atoms with Crippen molar-refractivity contribution in [2.75, 3.05) is 25.4 Å². The van der Waals surface area contributed by atoms with Crippen LogP contribution < -0.4 is 16.4 Å². The molecule has 1 fully saturated rings. The van der Waals surface area contributed by atoms with Crippen LogP contribution in [0.2, 0.25) is 0 Å². The number of halogens is 2. The van der Waals surface area contributed by atoms with E-state index in [0.717, 1.165) is 12.8 Å². The number of benzene rings is 1. The number of rotatable bonds is 9. The smallest absolute Gasteiger partial charge is 0.277 e. The highest BCUT2D eigenvalue weighted by Crippen LogP contribution is 2.24. The van der Waals surface area contributed by atoms with E-state index in [0.29, 0.717) is 17.4 Å². The number of carbonyl (C=O) groups is 2. The van der Waals surface area contributed by atoms with Crippen LogP contribution in [0.3, 0.4) is 0 Å². The number of nitrogens with one attached hydrogen (secondary N) is 2. The molecule has 0 bridgehead atoms. The van der Waals surface area contributed by atoms with Crippen molar-refractivity contribution < 1.29 is 18.4 Å². The number of alkyl halides is 2. The summed E-state index contributed by atoms with van der Waals surface area (Å²) in [5.74, 6) is -3.11. The minimum Gasteiger partial charge on any atom is -0.355 e. The maximum Gasteiger partial charge on any atom is 0.277 e. The summed E-state index contributed by atoms with van der Waals surface area (Å²) in [6, 6.07) is 6.66. The zero-order chi connectivity index (χ0) is 19.7. The Morgan fingerprint density at radius 1 is 1.15 bits per heavy atom. The Morgan fingerprint density at radius 2 is 1.85 bits per heavy atom. The van der Waals surface area contributed by atoms with Gasteiger partial charge in [-0.1, -0.05) is 31.4 Å². The summed E-state index contributed by atoms with van der Waals surface area (Å²) in [6.07, 6.45) is 6.03. The first-order valence-corrected chi connectivity index (χ1v) is 10.2. The van der Waals surface area contributed by atoms with Crippen molar-refractivity contribution in [2.45, 2.75) is 42.9 Å². The van der Waals surface area contributed by atoms with E-state index in [1.165, 1.54) is 31.0 Å². The van der Waals surface area contributed by atoms with Crippen molar-refractivity contribution in [1.82, 2.24) is 10.6 Å². The molecule has 1 aliphatic carbocycles. The van der Waals surface area contributed by atoms with Crippen molar-refractivity contribution in [3.63, 3.8) is 0 Å². The van der Waals surface area contributed by atoms with Crippen LogP contribution in [-0.2, 0) is 4.79 Å². The molecule has 0 radical (unpaired) electrons. The molecule has 2 rings (SSSR count). The van der Waals surface area contributed by atoms with Gasteiger partial charge in [0.25, 0.3) is 11.8 Å². The number of hydrogen-bond donors (Lipinski definition) is 3. The average Bonchev–Trinajstić information content (AvgIpc) is 2.70. The lowest BCUT2D eigenvalue weighted by Gasteiger charge is -2.21.